The van der Waals surface area contributed by atoms with Crippen LogP contribution in [0.3, 0.4) is 0 Å². The predicted molar refractivity (Wildman–Crippen MR) is 48.7 cm³/mol. The Balaban J connectivity index is 1.78. The molecule has 0 aromatic carbocycles. The number of rotatable bonds is 6. The zero-order chi connectivity index (χ0) is 9.26. The minimum atomic E-state index is 0.286. The molecule has 3 nitrogen and oxygen atoms in total. The Morgan fingerprint density at radius 1 is 1.08 bits per heavy atom. The van der Waals surface area contributed by atoms with Gasteiger partial charge in [0.15, 0.2) is 0 Å². The van der Waals surface area contributed by atoms with Gasteiger partial charge in [0, 0.05) is 0 Å². The van der Waals surface area contributed by atoms with Gasteiger partial charge < -0.3 is 14.2 Å². The van der Waals surface area contributed by atoms with E-state index in [1.165, 1.54) is 0 Å². The maximum absolute atomic E-state index is 5.95. The first-order valence-electron chi connectivity index (χ1n) is 5.23. The van der Waals surface area contributed by atoms with E-state index in [-0.39, 0.29) is 12.2 Å². The summed E-state index contributed by atoms with van der Waals surface area (Å²) in [7, 11) is 0. The molecule has 0 radical (unpaired) electrons. The van der Waals surface area contributed by atoms with Gasteiger partial charge in [-0.1, -0.05) is 13.8 Å². The third kappa shape index (κ3) is 2.42. The molecule has 2 aliphatic rings. The van der Waals surface area contributed by atoms with Gasteiger partial charge in [0.25, 0.3) is 0 Å². The Bertz CT molecular complexity index is 146. The second kappa shape index (κ2) is 3.95. The lowest BCUT2D eigenvalue weighted by Crippen LogP contribution is -2.29. The second-order valence-electron chi connectivity index (χ2n) is 3.77. The van der Waals surface area contributed by atoms with Gasteiger partial charge in [-0.2, -0.15) is 0 Å². The molecule has 4 atom stereocenters. The second-order valence-corrected chi connectivity index (χ2v) is 3.77. The van der Waals surface area contributed by atoms with Crippen LogP contribution in [0, 0.1) is 0 Å². The molecule has 2 heterocycles. The fourth-order valence-corrected chi connectivity index (χ4v) is 1.66. The maximum atomic E-state index is 5.95. The Labute approximate surface area is 79.4 Å². The summed E-state index contributed by atoms with van der Waals surface area (Å²) in [5, 5.41) is 0. The largest absolute Gasteiger partial charge is 0.370 e. The molecule has 2 aliphatic heterocycles. The van der Waals surface area contributed by atoms with E-state index in [1.807, 2.05) is 0 Å². The van der Waals surface area contributed by atoms with E-state index in [0.29, 0.717) is 12.2 Å². The van der Waals surface area contributed by atoms with Gasteiger partial charge in [-0.3, -0.25) is 0 Å². The molecular formula is C10H18O3. The van der Waals surface area contributed by atoms with Gasteiger partial charge in [-0.05, 0) is 12.8 Å². The number of hydrogen-bond donors (Lipinski definition) is 0. The van der Waals surface area contributed by atoms with Crippen LogP contribution in [0.4, 0.5) is 0 Å². The van der Waals surface area contributed by atoms with Crippen LogP contribution in [-0.4, -0.2) is 37.6 Å². The van der Waals surface area contributed by atoms with Crippen LogP contribution in [0.2, 0.25) is 0 Å². The first-order valence-corrected chi connectivity index (χ1v) is 5.23. The lowest BCUT2D eigenvalue weighted by Gasteiger charge is -2.20. The summed E-state index contributed by atoms with van der Waals surface area (Å²) in [5.41, 5.74) is 0. The van der Waals surface area contributed by atoms with E-state index < -0.39 is 0 Å². The Hall–Kier alpha value is -0.120. The Kier molecular flexibility index (Phi) is 2.86. The first-order chi connectivity index (χ1) is 6.35. The maximum Gasteiger partial charge on any atom is 0.107 e. The summed E-state index contributed by atoms with van der Waals surface area (Å²) in [6, 6.07) is 0. The Morgan fingerprint density at radius 2 is 1.46 bits per heavy atom. The zero-order valence-corrected chi connectivity index (χ0v) is 8.36. The standard InChI is InChI=1S/C10H18O3/c1-3-7(9-5-11-9)13-8(4-2)10-6-12-10/h7-10H,3-6H2,1-2H3/t7?,8?,9-,10-/m1/s1. The molecule has 0 aromatic heterocycles. The molecule has 2 unspecified atom stereocenters. The smallest absolute Gasteiger partial charge is 0.107 e. The van der Waals surface area contributed by atoms with Crippen molar-refractivity contribution >= 4 is 0 Å². The zero-order valence-electron chi connectivity index (χ0n) is 8.36. The van der Waals surface area contributed by atoms with E-state index in [9.17, 15) is 0 Å². The van der Waals surface area contributed by atoms with Crippen molar-refractivity contribution in [3.8, 4) is 0 Å². The minimum Gasteiger partial charge on any atom is -0.370 e. The summed E-state index contributed by atoms with van der Waals surface area (Å²) in [5.74, 6) is 0. The quantitative estimate of drug-likeness (QED) is 0.587. The highest BCUT2D eigenvalue weighted by molar-refractivity contribution is 4.84. The van der Waals surface area contributed by atoms with Crippen LogP contribution >= 0.6 is 0 Å². The van der Waals surface area contributed by atoms with Gasteiger partial charge in [0.05, 0.1) is 25.4 Å². The number of epoxide rings is 2. The predicted octanol–water partition coefficient (Wildman–Crippen LogP) is 1.36. The fraction of sp³-hybridized carbons (Fsp3) is 1.00. The average Bonchev–Trinajstić information content (AvgIpc) is 2.99. The summed E-state index contributed by atoms with van der Waals surface area (Å²) >= 11 is 0. The van der Waals surface area contributed by atoms with E-state index >= 15 is 0 Å². The molecule has 0 spiro atoms. The molecule has 0 amide bonds. The van der Waals surface area contributed by atoms with E-state index in [4.69, 9.17) is 14.2 Å². The summed E-state index contributed by atoms with van der Waals surface area (Å²) < 4.78 is 16.4. The van der Waals surface area contributed by atoms with Crippen LogP contribution in [0.5, 0.6) is 0 Å². The van der Waals surface area contributed by atoms with Gasteiger partial charge in [-0.15, -0.1) is 0 Å². The highest BCUT2D eigenvalue weighted by atomic mass is 16.6. The molecule has 2 saturated heterocycles. The summed E-state index contributed by atoms with van der Waals surface area (Å²) in [6.07, 6.45) is 3.36. The van der Waals surface area contributed by atoms with E-state index in [0.717, 1.165) is 26.1 Å². The van der Waals surface area contributed by atoms with Crippen molar-refractivity contribution in [2.24, 2.45) is 0 Å². The highest BCUT2D eigenvalue weighted by Gasteiger charge is 2.38. The summed E-state index contributed by atoms with van der Waals surface area (Å²) in [6.45, 7) is 6.04. The van der Waals surface area contributed by atoms with Crippen LogP contribution in [0.1, 0.15) is 26.7 Å². The lowest BCUT2D eigenvalue weighted by atomic mass is 10.1. The lowest BCUT2D eigenvalue weighted by molar-refractivity contribution is -0.0406. The van der Waals surface area contributed by atoms with Crippen LogP contribution in [-0.2, 0) is 14.2 Å². The number of ether oxygens (including phenoxy) is 3. The average molecular weight is 186 g/mol. The van der Waals surface area contributed by atoms with Gasteiger partial charge in [-0.25, -0.2) is 0 Å². The third-order valence-corrected chi connectivity index (χ3v) is 2.70. The molecular weight excluding hydrogens is 168 g/mol. The van der Waals surface area contributed by atoms with Crippen molar-refractivity contribution < 1.29 is 14.2 Å². The Morgan fingerprint density at radius 3 is 1.69 bits per heavy atom. The van der Waals surface area contributed by atoms with Crippen LogP contribution in [0.15, 0.2) is 0 Å². The van der Waals surface area contributed by atoms with Gasteiger partial charge in [0.2, 0.25) is 0 Å². The highest BCUT2D eigenvalue weighted by Crippen LogP contribution is 2.26. The SMILES string of the molecule is CCC(OC(CC)[C@H]1CO1)[C@H]1CO1. The molecule has 0 N–H and O–H groups in total. The van der Waals surface area contributed by atoms with Gasteiger partial charge >= 0.3 is 0 Å². The topological polar surface area (TPSA) is 34.3 Å². The molecule has 0 aliphatic carbocycles. The van der Waals surface area contributed by atoms with Crippen LogP contribution < -0.4 is 0 Å². The van der Waals surface area contributed by atoms with E-state index in [1.54, 1.807) is 0 Å². The monoisotopic (exact) mass is 186 g/mol. The van der Waals surface area contributed by atoms with Crippen molar-refractivity contribution in [1.82, 2.24) is 0 Å². The van der Waals surface area contributed by atoms with Crippen LogP contribution in [0.25, 0.3) is 0 Å². The van der Waals surface area contributed by atoms with Gasteiger partial charge in [0.1, 0.15) is 12.2 Å². The van der Waals surface area contributed by atoms with Crippen molar-refractivity contribution in [3.05, 3.63) is 0 Å². The van der Waals surface area contributed by atoms with Crippen molar-refractivity contribution in [2.45, 2.75) is 51.1 Å². The van der Waals surface area contributed by atoms with Crippen molar-refractivity contribution in [3.63, 3.8) is 0 Å². The molecule has 13 heavy (non-hydrogen) atoms. The molecule has 0 aromatic rings. The van der Waals surface area contributed by atoms with Crippen molar-refractivity contribution in [2.75, 3.05) is 13.2 Å². The van der Waals surface area contributed by atoms with Crippen molar-refractivity contribution in [1.29, 1.82) is 0 Å². The molecule has 2 fully saturated rings. The summed E-state index contributed by atoms with van der Waals surface area (Å²) in [4.78, 5) is 0. The third-order valence-electron chi connectivity index (χ3n) is 2.70. The molecule has 3 heteroatoms. The molecule has 0 saturated carbocycles. The molecule has 2 rings (SSSR count). The number of hydrogen-bond acceptors (Lipinski definition) is 3. The minimum absolute atomic E-state index is 0.286. The van der Waals surface area contributed by atoms with E-state index in [2.05, 4.69) is 13.8 Å². The molecule has 76 valence electrons. The fourth-order valence-electron chi connectivity index (χ4n) is 1.66. The molecule has 0 bridgehead atoms. The normalized spacial score (nSPS) is 35.5. The first kappa shape index (κ1) is 9.44.